The van der Waals surface area contributed by atoms with Crippen molar-refractivity contribution in [2.24, 2.45) is 0 Å². The Bertz CT molecular complexity index is 399. The lowest BCUT2D eigenvalue weighted by atomic mass is 9.98. The predicted octanol–water partition coefficient (Wildman–Crippen LogP) is 3.36. The molecular formula is C10H7Cl2FO. The maximum atomic E-state index is 13.1. The van der Waals surface area contributed by atoms with Gasteiger partial charge in [0.2, 0.25) is 0 Å². The molecule has 1 nitrogen and oxygen atoms in total. The smallest absolute Gasteiger partial charge is 0.142 e. The Morgan fingerprint density at radius 1 is 1.29 bits per heavy atom. The van der Waals surface area contributed by atoms with Crippen LogP contribution in [0.25, 0.3) is 0 Å². The molecule has 0 saturated heterocycles. The molecule has 1 saturated carbocycles. The molecule has 0 bridgehead atoms. The molecule has 2 rings (SSSR count). The normalized spacial score (nSPS) is 17.9. The lowest BCUT2D eigenvalue weighted by molar-refractivity contribution is -0.109. The van der Waals surface area contributed by atoms with Crippen LogP contribution in [0, 0.1) is 5.82 Å². The molecule has 1 aromatic carbocycles. The van der Waals surface area contributed by atoms with E-state index >= 15 is 0 Å². The van der Waals surface area contributed by atoms with Crippen molar-refractivity contribution in [3.63, 3.8) is 0 Å². The van der Waals surface area contributed by atoms with Gasteiger partial charge in [-0.1, -0.05) is 23.2 Å². The van der Waals surface area contributed by atoms with E-state index in [2.05, 4.69) is 0 Å². The molecule has 74 valence electrons. The Morgan fingerprint density at radius 2 is 1.93 bits per heavy atom. The van der Waals surface area contributed by atoms with Gasteiger partial charge in [-0.3, -0.25) is 0 Å². The summed E-state index contributed by atoms with van der Waals surface area (Å²) in [6, 6.07) is 2.60. The van der Waals surface area contributed by atoms with Crippen molar-refractivity contribution in [3.05, 3.63) is 33.6 Å². The van der Waals surface area contributed by atoms with Crippen LogP contribution in [-0.2, 0) is 10.2 Å². The van der Waals surface area contributed by atoms with Gasteiger partial charge in [-0.15, -0.1) is 0 Å². The van der Waals surface area contributed by atoms with E-state index < -0.39 is 11.2 Å². The fourth-order valence-corrected chi connectivity index (χ4v) is 2.06. The SMILES string of the molecule is O=CC1(c2cc(F)c(Cl)cc2Cl)CC1. The second-order valence-corrected chi connectivity index (χ2v) is 4.33. The van der Waals surface area contributed by atoms with Gasteiger partial charge in [0.1, 0.15) is 12.1 Å². The van der Waals surface area contributed by atoms with Crippen LogP contribution in [0.5, 0.6) is 0 Å². The molecule has 0 N–H and O–H groups in total. The lowest BCUT2D eigenvalue weighted by Gasteiger charge is -2.10. The summed E-state index contributed by atoms with van der Waals surface area (Å²) < 4.78 is 13.1. The zero-order valence-electron chi connectivity index (χ0n) is 7.19. The Labute approximate surface area is 90.8 Å². The summed E-state index contributed by atoms with van der Waals surface area (Å²) in [7, 11) is 0. The summed E-state index contributed by atoms with van der Waals surface area (Å²) in [6.45, 7) is 0. The zero-order valence-corrected chi connectivity index (χ0v) is 8.70. The number of aldehydes is 1. The topological polar surface area (TPSA) is 17.1 Å². The fourth-order valence-electron chi connectivity index (χ4n) is 1.49. The number of hydrogen-bond donors (Lipinski definition) is 0. The molecule has 0 heterocycles. The first kappa shape index (κ1) is 9.94. The van der Waals surface area contributed by atoms with E-state index in [1.165, 1.54) is 12.1 Å². The van der Waals surface area contributed by atoms with E-state index in [-0.39, 0.29) is 5.02 Å². The lowest BCUT2D eigenvalue weighted by Crippen LogP contribution is -2.09. The summed E-state index contributed by atoms with van der Waals surface area (Å²) >= 11 is 11.4. The molecule has 4 heteroatoms. The van der Waals surface area contributed by atoms with E-state index in [4.69, 9.17) is 23.2 Å². The molecule has 0 atom stereocenters. The minimum Gasteiger partial charge on any atom is -0.302 e. The van der Waals surface area contributed by atoms with Gasteiger partial charge in [0.25, 0.3) is 0 Å². The van der Waals surface area contributed by atoms with Crippen molar-refractivity contribution in [3.8, 4) is 0 Å². The van der Waals surface area contributed by atoms with E-state index in [0.717, 1.165) is 19.1 Å². The monoisotopic (exact) mass is 232 g/mol. The largest absolute Gasteiger partial charge is 0.302 e. The van der Waals surface area contributed by atoms with Gasteiger partial charge >= 0.3 is 0 Å². The van der Waals surface area contributed by atoms with Crippen LogP contribution in [0.1, 0.15) is 18.4 Å². The Kier molecular flexibility index (Phi) is 2.28. The van der Waals surface area contributed by atoms with E-state index in [9.17, 15) is 9.18 Å². The first-order valence-electron chi connectivity index (χ1n) is 4.20. The summed E-state index contributed by atoms with van der Waals surface area (Å²) in [5.74, 6) is -0.529. The van der Waals surface area contributed by atoms with Gasteiger partial charge in [0.05, 0.1) is 10.4 Å². The molecular weight excluding hydrogens is 226 g/mol. The van der Waals surface area contributed by atoms with Crippen molar-refractivity contribution < 1.29 is 9.18 Å². The minimum absolute atomic E-state index is 0.0135. The number of hydrogen-bond acceptors (Lipinski definition) is 1. The first-order chi connectivity index (χ1) is 6.59. The van der Waals surface area contributed by atoms with Crippen LogP contribution < -0.4 is 0 Å². The number of rotatable bonds is 2. The maximum Gasteiger partial charge on any atom is 0.142 e. The summed E-state index contributed by atoms with van der Waals surface area (Å²) in [5, 5.41) is 0.349. The average Bonchev–Trinajstić information content (AvgIpc) is 2.92. The van der Waals surface area contributed by atoms with E-state index in [1.807, 2.05) is 0 Å². The number of benzene rings is 1. The molecule has 0 radical (unpaired) electrons. The Balaban J connectivity index is 2.54. The highest BCUT2D eigenvalue weighted by atomic mass is 35.5. The summed E-state index contributed by atoms with van der Waals surface area (Å²) in [5.41, 5.74) is -0.00115. The third kappa shape index (κ3) is 1.43. The number of carbonyl (C=O) groups is 1. The standard InChI is InChI=1S/C10H7Cl2FO/c11-7-4-8(12)9(13)3-6(7)10(5-14)1-2-10/h3-5H,1-2H2. The van der Waals surface area contributed by atoms with Crippen LogP contribution in [-0.4, -0.2) is 6.29 Å². The molecule has 0 unspecified atom stereocenters. The number of carbonyl (C=O) groups excluding carboxylic acids is 1. The van der Waals surface area contributed by atoms with Crippen LogP contribution in [0.4, 0.5) is 4.39 Å². The van der Waals surface area contributed by atoms with Crippen molar-refractivity contribution in [1.29, 1.82) is 0 Å². The molecule has 1 aliphatic rings. The van der Waals surface area contributed by atoms with Crippen molar-refractivity contribution >= 4 is 29.5 Å². The highest BCUT2D eigenvalue weighted by Crippen LogP contribution is 2.49. The molecule has 0 aromatic heterocycles. The third-order valence-corrected chi connectivity index (χ3v) is 3.16. The van der Waals surface area contributed by atoms with Crippen LogP contribution in [0.3, 0.4) is 0 Å². The van der Waals surface area contributed by atoms with Gasteiger partial charge < -0.3 is 4.79 Å². The molecule has 14 heavy (non-hydrogen) atoms. The first-order valence-corrected chi connectivity index (χ1v) is 4.96. The summed E-state index contributed by atoms with van der Waals surface area (Å²) in [4.78, 5) is 10.8. The molecule has 0 spiro atoms. The van der Waals surface area contributed by atoms with Gasteiger partial charge in [0, 0.05) is 5.02 Å². The maximum absolute atomic E-state index is 13.1. The minimum atomic E-state index is -0.553. The van der Waals surface area contributed by atoms with Crippen LogP contribution >= 0.6 is 23.2 Å². The third-order valence-electron chi connectivity index (χ3n) is 2.56. The molecule has 1 fully saturated rings. The molecule has 0 aliphatic heterocycles. The number of halogens is 3. The highest BCUT2D eigenvalue weighted by Gasteiger charge is 2.45. The van der Waals surface area contributed by atoms with Crippen molar-refractivity contribution in [2.45, 2.75) is 18.3 Å². The van der Waals surface area contributed by atoms with Gasteiger partial charge in [-0.25, -0.2) is 4.39 Å². The van der Waals surface area contributed by atoms with E-state index in [1.54, 1.807) is 0 Å². The van der Waals surface area contributed by atoms with Crippen LogP contribution in [0.2, 0.25) is 10.0 Å². The van der Waals surface area contributed by atoms with Gasteiger partial charge in [0.15, 0.2) is 0 Å². The van der Waals surface area contributed by atoms with Crippen LogP contribution in [0.15, 0.2) is 12.1 Å². The average molecular weight is 233 g/mol. The van der Waals surface area contributed by atoms with E-state index in [0.29, 0.717) is 10.6 Å². The molecule has 0 amide bonds. The zero-order chi connectivity index (χ0) is 10.3. The summed E-state index contributed by atoms with van der Waals surface area (Å²) in [6.07, 6.45) is 2.30. The second-order valence-electron chi connectivity index (χ2n) is 3.52. The van der Waals surface area contributed by atoms with Gasteiger partial charge in [-0.2, -0.15) is 0 Å². The molecule has 1 aliphatic carbocycles. The Morgan fingerprint density at radius 3 is 2.43 bits per heavy atom. The van der Waals surface area contributed by atoms with Gasteiger partial charge in [-0.05, 0) is 30.5 Å². The van der Waals surface area contributed by atoms with Crippen molar-refractivity contribution in [1.82, 2.24) is 0 Å². The second kappa shape index (κ2) is 3.21. The highest BCUT2D eigenvalue weighted by molar-refractivity contribution is 6.35. The quantitative estimate of drug-likeness (QED) is 0.565. The van der Waals surface area contributed by atoms with Crippen molar-refractivity contribution in [2.75, 3.05) is 0 Å². The molecule has 1 aromatic rings. The fraction of sp³-hybridized carbons (Fsp3) is 0.300. The Hall–Kier alpha value is -0.600. The predicted molar refractivity (Wildman–Crippen MR) is 53.4 cm³/mol.